The molecule has 2 rings (SSSR count). The van der Waals surface area contributed by atoms with Gasteiger partial charge in [-0.3, -0.25) is 0 Å². The van der Waals surface area contributed by atoms with Gasteiger partial charge in [0, 0.05) is 12.5 Å². The molecule has 1 aliphatic rings. The summed E-state index contributed by atoms with van der Waals surface area (Å²) < 4.78 is 11.3. The lowest BCUT2D eigenvalue weighted by Gasteiger charge is -2.23. The Labute approximate surface area is 103 Å². The molecule has 2 unspecified atom stereocenters. The van der Waals surface area contributed by atoms with Crippen molar-refractivity contribution < 1.29 is 9.47 Å². The molecular weight excluding hydrogens is 214 g/mol. The highest BCUT2D eigenvalue weighted by atomic mass is 16.7. The summed E-state index contributed by atoms with van der Waals surface area (Å²) in [6.45, 7) is 2.90. The van der Waals surface area contributed by atoms with Crippen LogP contribution < -0.4 is 10.5 Å². The molecule has 2 atom stereocenters. The minimum atomic E-state index is -0.0746. The summed E-state index contributed by atoms with van der Waals surface area (Å²) in [6.07, 6.45) is 4.19. The van der Waals surface area contributed by atoms with Crippen molar-refractivity contribution in [2.24, 2.45) is 5.73 Å². The normalized spacial score (nSPS) is 22.1. The number of hydrogen-bond acceptors (Lipinski definition) is 3. The minimum absolute atomic E-state index is 0.0746. The Morgan fingerprint density at radius 1 is 1.35 bits per heavy atom. The molecule has 3 nitrogen and oxygen atoms in total. The van der Waals surface area contributed by atoms with Gasteiger partial charge >= 0.3 is 0 Å². The summed E-state index contributed by atoms with van der Waals surface area (Å²) in [6, 6.07) is 8.14. The SMILES string of the molecule is CCC(N)c1ccc(OC2CCCCO2)cc1. The third-order valence-corrected chi connectivity index (χ3v) is 3.15. The summed E-state index contributed by atoms with van der Waals surface area (Å²) in [5.41, 5.74) is 7.12. The van der Waals surface area contributed by atoms with Crippen LogP contribution in [0, 0.1) is 0 Å². The Kier molecular flexibility index (Phi) is 4.40. The Hall–Kier alpha value is -1.06. The van der Waals surface area contributed by atoms with E-state index in [0.29, 0.717) is 0 Å². The Bertz CT molecular complexity index is 331. The maximum atomic E-state index is 5.96. The van der Waals surface area contributed by atoms with Crippen LogP contribution >= 0.6 is 0 Å². The van der Waals surface area contributed by atoms with E-state index in [0.717, 1.165) is 37.2 Å². The summed E-state index contributed by atoms with van der Waals surface area (Å²) in [4.78, 5) is 0. The van der Waals surface area contributed by atoms with Gasteiger partial charge in [-0.2, -0.15) is 0 Å². The average molecular weight is 235 g/mol. The molecule has 1 fully saturated rings. The topological polar surface area (TPSA) is 44.5 Å². The highest BCUT2D eigenvalue weighted by Gasteiger charge is 2.15. The van der Waals surface area contributed by atoms with E-state index in [4.69, 9.17) is 15.2 Å². The van der Waals surface area contributed by atoms with Gasteiger partial charge in [0.25, 0.3) is 0 Å². The first-order valence-corrected chi connectivity index (χ1v) is 6.43. The molecule has 1 saturated heterocycles. The lowest BCUT2D eigenvalue weighted by Crippen LogP contribution is -2.24. The molecule has 0 saturated carbocycles. The van der Waals surface area contributed by atoms with Gasteiger partial charge in [-0.05, 0) is 37.0 Å². The lowest BCUT2D eigenvalue weighted by molar-refractivity contribution is -0.105. The van der Waals surface area contributed by atoms with Gasteiger partial charge in [0.05, 0.1) is 6.61 Å². The van der Waals surface area contributed by atoms with Crippen molar-refractivity contribution in [3.05, 3.63) is 29.8 Å². The predicted octanol–water partition coefficient (Wildman–Crippen LogP) is 3.00. The predicted molar refractivity (Wildman–Crippen MR) is 67.9 cm³/mol. The molecule has 1 aliphatic heterocycles. The van der Waals surface area contributed by atoms with Crippen molar-refractivity contribution in [3.63, 3.8) is 0 Å². The lowest BCUT2D eigenvalue weighted by atomic mass is 10.1. The summed E-state index contributed by atoms with van der Waals surface area (Å²) in [7, 11) is 0. The van der Waals surface area contributed by atoms with Crippen LogP contribution in [0.15, 0.2) is 24.3 Å². The minimum Gasteiger partial charge on any atom is -0.465 e. The van der Waals surface area contributed by atoms with Gasteiger partial charge in [-0.25, -0.2) is 0 Å². The first-order chi connectivity index (χ1) is 8.29. The van der Waals surface area contributed by atoms with E-state index < -0.39 is 0 Å². The molecule has 0 aromatic heterocycles. The first kappa shape index (κ1) is 12.4. The second kappa shape index (κ2) is 6.03. The van der Waals surface area contributed by atoms with Crippen LogP contribution in [0.1, 0.15) is 44.2 Å². The number of hydrogen-bond donors (Lipinski definition) is 1. The van der Waals surface area contributed by atoms with Gasteiger partial charge in [-0.15, -0.1) is 0 Å². The smallest absolute Gasteiger partial charge is 0.199 e. The zero-order chi connectivity index (χ0) is 12.1. The van der Waals surface area contributed by atoms with Crippen molar-refractivity contribution in [2.75, 3.05) is 6.61 Å². The summed E-state index contributed by atoms with van der Waals surface area (Å²) in [5, 5.41) is 0. The molecule has 0 spiro atoms. The number of benzene rings is 1. The van der Waals surface area contributed by atoms with Gasteiger partial charge < -0.3 is 15.2 Å². The fourth-order valence-corrected chi connectivity index (χ4v) is 1.99. The standard InChI is InChI=1S/C14H21NO2/c1-2-13(15)11-6-8-12(9-7-11)17-14-5-3-4-10-16-14/h6-9,13-14H,2-5,10,15H2,1H3. The van der Waals surface area contributed by atoms with Crippen molar-refractivity contribution >= 4 is 0 Å². The average Bonchev–Trinajstić information content (AvgIpc) is 2.40. The monoisotopic (exact) mass is 235 g/mol. The van der Waals surface area contributed by atoms with Crippen LogP contribution in [0.3, 0.4) is 0 Å². The van der Waals surface area contributed by atoms with Crippen LogP contribution in [0.25, 0.3) is 0 Å². The van der Waals surface area contributed by atoms with E-state index in [9.17, 15) is 0 Å². The molecule has 17 heavy (non-hydrogen) atoms. The number of nitrogens with two attached hydrogens (primary N) is 1. The van der Waals surface area contributed by atoms with E-state index in [1.807, 2.05) is 24.3 Å². The van der Waals surface area contributed by atoms with Crippen molar-refractivity contribution in [1.82, 2.24) is 0 Å². The molecule has 2 N–H and O–H groups in total. The van der Waals surface area contributed by atoms with E-state index in [2.05, 4.69) is 6.92 Å². The summed E-state index contributed by atoms with van der Waals surface area (Å²) >= 11 is 0. The zero-order valence-corrected chi connectivity index (χ0v) is 10.4. The van der Waals surface area contributed by atoms with Crippen LogP contribution in [-0.4, -0.2) is 12.9 Å². The molecule has 1 aromatic rings. The zero-order valence-electron chi connectivity index (χ0n) is 10.4. The highest BCUT2D eigenvalue weighted by Crippen LogP contribution is 2.21. The van der Waals surface area contributed by atoms with E-state index >= 15 is 0 Å². The third kappa shape index (κ3) is 3.45. The molecule has 94 valence electrons. The summed E-state index contributed by atoms with van der Waals surface area (Å²) in [5.74, 6) is 0.865. The third-order valence-electron chi connectivity index (χ3n) is 3.15. The Balaban J connectivity index is 1.93. The maximum absolute atomic E-state index is 5.96. The highest BCUT2D eigenvalue weighted by molar-refractivity contribution is 5.29. The molecule has 0 amide bonds. The Morgan fingerprint density at radius 2 is 2.12 bits per heavy atom. The van der Waals surface area contributed by atoms with Gasteiger partial charge in [-0.1, -0.05) is 19.1 Å². The second-order valence-electron chi connectivity index (χ2n) is 4.50. The van der Waals surface area contributed by atoms with Crippen LogP contribution in [0.5, 0.6) is 5.75 Å². The number of rotatable bonds is 4. The number of ether oxygens (including phenoxy) is 2. The molecule has 1 heterocycles. The van der Waals surface area contributed by atoms with Crippen LogP contribution in [0.2, 0.25) is 0 Å². The van der Waals surface area contributed by atoms with Gasteiger partial charge in [0.2, 0.25) is 0 Å². The van der Waals surface area contributed by atoms with Crippen LogP contribution in [0.4, 0.5) is 0 Å². The van der Waals surface area contributed by atoms with E-state index in [1.165, 1.54) is 6.42 Å². The fourth-order valence-electron chi connectivity index (χ4n) is 1.99. The van der Waals surface area contributed by atoms with Crippen molar-refractivity contribution in [2.45, 2.75) is 44.9 Å². The van der Waals surface area contributed by atoms with E-state index in [1.54, 1.807) is 0 Å². The second-order valence-corrected chi connectivity index (χ2v) is 4.50. The largest absolute Gasteiger partial charge is 0.465 e. The van der Waals surface area contributed by atoms with Crippen LogP contribution in [-0.2, 0) is 4.74 Å². The molecule has 0 radical (unpaired) electrons. The van der Waals surface area contributed by atoms with E-state index in [-0.39, 0.29) is 12.3 Å². The fraction of sp³-hybridized carbons (Fsp3) is 0.571. The van der Waals surface area contributed by atoms with Crippen molar-refractivity contribution in [1.29, 1.82) is 0 Å². The molecule has 3 heteroatoms. The maximum Gasteiger partial charge on any atom is 0.199 e. The molecule has 0 aliphatic carbocycles. The quantitative estimate of drug-likeness (QED) is 0.872. The molecule has 1 aromatic carbocycles. The molecule has 0 bridgehead atoms. The van der Waals surface area contributed by atoms with Gasteiger partial charge in [0.1, 0.15) is 5.75 Å². The van der Waals surface area contributed by atoms with Gasteiger partial charge in [0.15, 0.2) is 6.29 Å². The Morgan fingerprint density at radius 3 is 2.71 bits per heavy atom. The van der Waals surface area contributed by atoms with Crippen molar-refractivity contribution in [3.8, 4) is 5.75 Å². The first-order valence-electron chi connectivity index (χ1n) is 6.43. The molecular formula is C14H21NO2.